The van der Waals surface area contributed by atoms with Crippen LogP contribution in [0.2, 0.25) is 0 Å². The maximum absolute atomic E-state index is 11.1. The predicted molar refractivity (Wildman–Crippen MR) is 65.4 cm³/mol. The Hall–Kier alpha value is -2.18. The van der Waals surface area contributed by atoms with Crippen molar-refractivity contribution in [2.45, 2.75) is 20.3 Å². The molecule has 1 aromatic heterocycles. The molecule has 1 rings (SSSR count). The SMILES string of the molecule is CCOC(=O)CCNc1nc(C)ccc1[N+](=O)[O-]. The van der Waals surface area contributed by atoms with Gasteiger partial charge in [-0.2, -0.15) is 0 Å². The van der Waals surface area contributed by atoms with Crippen LogP contribution in [-0.4, -0.2) is 29.0 Å². The Bertz CT molecular complexity index is 448. The number of nitrogens with zero attached hydrogens (tertiary/aromatic N) is 2. The molecule has 0 aliphatic rings. The fourth-order valence-corrected chi connectivity index (χ4v) is 1.34. The zero-order valence-corrected chi connectivity index (χ0v) is 10.3. The first-order chi connectivity index (χ1) is 8.54. The molecule has 1 N–H and O–H groups in total. The number of aryl methyl sites for hydroxylation is 1. The van der Waals surface area contributed by atoms with Gasteiger partial charge in [-0.15, -0.1) is 0 Å². The van der Waals surface area contributed by atoms with Crippen molar-refractivity contribution in [1.82, 2.24) is 4.98 Å². The highest BCUT2D eigenvalue weighted by Crippen LogP contribution is 2.21. The summed E-state index contributed by atoms with van der Waals surface area (Å²) >= 11 is 0. The van der Waals surface area contributed by atoms with Gasteiger partial charge in [0, 0.05) is 18.3 Å². The van der Waals surface area contributed by atoms with Gasteiger partial charge in [0.25, 0.3) is 0 Å². The number of nitro groups is 1. The Morgan fingerprint density at radius 3 is 2.89 bits per heavy atom. The second-order valence-corrected chi connectivity index (χ2v) is 3.56. The molecule has 0 atom stereocenters. The Morgan fingerprint density at radius 2 is 2.28 bits per heavy atom. The van der Waals surface area contributed by atoms with E-state index >= 15 is 0 Å². The number of carbonyl (C=O) groups excluding carboxylic acids is 1. The Kier molecular flexibility index (Phi) is 5.04. The average molecular weight is 253 g/mol. The summed E-state index contributed by atoms with van der Waals surface area (Å²) in [5.74, 6) is -0.176. The lowest BCUT2D eigenvalue weighted by atomic mass is 10.3. The molecule has 0 aliphatic carbocycles. The van der Waals surface area contributed by atoms with Crippen molar-refractivity contribution >= 4 is 17.5 Å². The molecule has 0 aromatic carbocycles. The second-order valence-electron chi connectivity index (χ2n) is 3.56. The number of carbonyl (C=O) groups is 1. The predicted octanol–water partition coefficient (Wildman–Crippen LogP) is 1.66. The van der Waals surface area contributed by atoms with Crippen molar-refractivity contribution in [3.63, 3.8) is 0 Å². The number of hydrogen-bond acceptors (Lipinski definition) is 6. The lowest BCUT2D eigenvalue weighted by Crippen LogP contribution is -2.13. The number of esters is 1. The highest BCUT2D eigenvalue weighted by molar-refractivity contribution is 5.70. The average Bonchev–Trinajstić information content (AvgIpc) is 2.29. The molecule has 0 amide bonds. The summed E-state index contributed by atoms with van der Waals surface area (Å²) in [5.41, 5.74) is 0.559. The zero-order chi connectivity index (χ0) is 13.5. The number of aromatic nitrogens is 1. The van der Waals surface area contributed by atoms with Crippen LogP contribution in [-0.2, 0) is 9.53 Å². The molecule has 0 radical (unpaired) electrons. The van der Waals surface area contributed by atoms with E-state index in [1.807, 2.05) is 0 Å². The van der Waals surface area contributed by atoms with Crippen LogP contribution in [0.25, 0.3) is 0 Å². The highest BCUT2D eigenvalue weighted by atomic mass is 16.6. The molecule has 98 valence electrons. The van der Waals surface area contributed by atoms with E-state index in [4.69, 9.17) is 4.74 Å². The first kappa shape index (κ1) is 13.9. The summed E-state index contributed by atoms with van der Waals surface area (Å²) < 4.78 is 4.75. The molecule has 0 aliphatic heterocycles. The van der Waals surface area contributed by atoms with Crippen molar-refractivity contribution < 1.29 is 14.5 Å². The first-order valence-electron chi connectivity index (χ1n) is 5.56. The van der Waals surface area contributed by atoms with Gasteiger partial charge in [0.2, 0.25) is 5.82 Å². The molecule has 7 heteroatoms. The maximum atomic E-state index is 11.1. The lowest BCUT2D eigenvalue weighted by molar-refractivity contribution is -0.384. The Labute approximate surface area is 104 Å². The van der Waals surface area contributed by atoms with Crippen molar-refractivity contribution in [3.05, 3.63) is 27.9 Å². The Morgan fingerprint density at radius 1 is 1.56 bits per heavy atom. The normalized spacial score (nSPS) is 9.89. The minimum absolute atomic E-state index is 0.107. The maximum Gasteiger partial charge on any atom is 0.311 e. The molecule has 0 saturated heterocycles. The summed E-state index contributed by atoms with van der Waals surface area (Å²) in [6.45, 7) is 4.02. The van der Waals surface area contributed by atoms with E-state index in [9.17, 15) is 14.9 Å². The second kappa shape index (κ2) is 6.53. The van der Waals surface area contributed by atoms with Crippen LogP contribution >= 0.6 is 0 Å². The summed E-state index contributed by atoms with van der Waals surface area (Å²) in [6.07, 6.45) is 0.140. The monoisotopic (exact) mass is 253 g/mol. The third-order valence-corrected chi connectivity index (χ3v) is 2.14. The smallest absolute Gasteiger partial charge is 0.311 e. The van der Waals surface area contributed by atoms with Gasteiger partial charge in [-0.05, 0) is 19.9 Å². The van der Waals surface area contributed by atoms with Crippen LogP contribution in [0.15, 0.2) is 12.1 Å². The quantitative estimate of drug-likeness (QED) is 0.470. The zero-order valence-electron chi connectivity index (χ0n) is 10.3. The van der Waals surface area contributed by atoms with Crippen molar-refractivity contribution in [1.29, 1.82) is 0 Å². The summed E-state index contributed by atoms with van der Waals surface area (Å²) in [6, 6.07) is 2.95. The number of hydrogen-bond donors (Lipinski definition) is 1. The fourth-order valence-electron chi connectivity index (χ4n) is 1.34. The van der Waals surface area contributed by atoms with E-state index in [-0.39, 0.29) is 30.4 Å². The van der Waals surface area contributed by atoms with E-state index in [0.717, 1.165) is 0 Å². The minimum atomic E-state index is -0.515. The van der Waals surface area contributed by atoms with Crippen LogP contribution < -0.4 is 5.32 Å². The number of ether oxygens (including phenoxy) is 1. The molecular weight excluding hydrogens is 238 g/mol. The molecule has 7 nitrogen and oxygen atoms in total. The van der Waals surface area contributed by atoms with Crippen LogP contribution in [0.1, 0.15) is 19.0 Å². The van der Waals surface area contributed by atoms with Crippen molar-refractivity contribution in [2.24, 2.45) is 0 Å². The molecule has 0 unspecified atom stereocenters. The van der Waals surface area contributed by atoms with Gasteiger partial charge in [-0.25, -0.2) is 4.98 Å². The van der Waals surface area contributed by atoms with E-state index in [1.54, 1.807) is 19.9 Å². The van der Waals surface area contributed by atoms with Gasteiger partial charge in [-0.1, -0.05) is 0 Å². The molecule has 1 heterocycles. The number of rotatable bonds is 6. The molecule has 0 spiro atoms. The minimum Gasteiger partial charge on any atom is -0.466 e. The van der Waals surface area contributed by atoms with Crippen molar-refractivity contribution in [3.8, 4) is 0 Å². The van der Waals surface area contributed by atoms with E-state index in [2.05, 4.69) is 10.3 Å². The highest BCUT2D eigenvalue weighted by Gasteiger charge is 2.15. The molecule has 0 saturated carbocycles. The summed E-state index contributed by atoms with van der Waals surface area (Å²) in [7, 11) is 0. The standard InChI is InChI=1S/C11H15N3O4/c1-3-18-10(15)6-7-12-11-9(14(16)17)5-4-8(2)13-11/h4-5H,3,6-7H2,1-2H3,(H,12,13). The Balaban J connectivity index is 2.63. The first-order valence-corrected chi connectivity index (χ1v) is 5.56. The van der Waals surface area contributed by atoms with Crippen molar-refractivity contribution in [2.75, 3.05) is 18.5 Å². The van der Waals surface area contributed by atoms with Gasteiger partial charge in [0.1, 0.15) is 0 Å². The third kappa shape index (κ3) is 4.00. The van der Waals surface area contributed by atoms with Gasteiger partial charge >= 0.3 is 11.7 Å². The van der Waals surface area contributed by atoms with Crippen LogP contribution in [0.5, 0.6) is 0 Å². The van der Waals surface area contributed by atoms with Crippen LogP contribution in [0.3, 0.4) is 0 Å². The third-order valence-electron chi connectivity index (χ3n) is 2.14. The van der Waals surface area contributed by atoms with E-state index < -0.39 is 4.92 Å². The molecule has 0 bridgehead atoms. The topological polar surface area (TPSA) is 94.4 Å². The summed E-state index contributed by atoms with van der Waals surface area (Å²) in [4.78, 5) is 25.4. The number of nitrogens with one attached hydrogen (secondary N) is 1. The van der Waals surface area contributed by atoms with Gasteiger partial charge in [0.15, 0.2) is 0 Å². The lowest BCUT2D eigenvalue weighted by Gasteiger charge is -2.06. The summed E-state index contributed by atoms with van der Waals surface area (Å²) in [5, 5.41) is 13.5. The van der Waals surface area contributed by atoms with Gasteiger partial charge in [-0.3, -0.25) is 14.9 Å². The molecule has 1 aromatic rings. The molecule has 18 heavy (non-hydrogen) atoms. The van der Waals surface area contributed by atoms with Gasteiger partial charge in [0.05, 0.1) is 18.0 Å². The van der Waals surface area contributed by atoms with E-state index in [1.165, 1.54) is 6.07 Å². The molecule has 0 fully saturated rings. The molecular formula is C11H15N3O4. The van der Waals surface area contributed by atoms with Gasteiger partial charge < -0.3 is 10.1 Å². The van der Waals surface area contributed by atoms with Crippen LogP contribution in [0.4, 0.5) is 11.5 Å². The van der Waals surface area contributed by atoms with Crippen LogP contribution in [0, 0.1) is 17.0 Å². The largest absolute Gasteiger partial charge is 0.466 e. The number of anilines is 1. The fraction of sp³-hybridized carbons (Fsp3) is 0.455. The van der Waals surface area contributed by atoms with E-state index in [0.29, 0.717) is 12.3 Å². The number of pyridine rings is 1.